The van der Waals surface area contributed by atoms with Crippen molar-refractivity contribution in [3.63, 3.8) is 0 Å². The summed E-state index contributed by atoms with van der Waals surface area (Å²) >= 11 is 5.59. The Hall–Kier alpha value is -2.58. The van der Waals surface area contributed by atoms with E-state index in [-0.39, 0.29) is 24.1 Å². The highest BCUT2D eigenvalue weighted by atomic mass is 35.5. The van der Waals surface area contributed by atoms with Crippen molar-refractivity contribution in [2.24, 2.45) is 0 Å². The van der Waals surface area contributed by atoms with E-state index in [0.717, 1.165) is 12.1 Å². The Labute approximate surface area is 157 Å². The highest BCUT2D eigenvalue weighted by Gasteiger charge is 2.30. The first-order valence-corrected chi connectivity index (χ1v) is 8.53. The van der Waals surface area contributed by atoms with Crippen molar-refractivity contribution in [3.8, 4) is 11.5 Å². The summed E-state index contributed by atoms with van der Waals surface area (Å²) in [5, 5.41) is 20.7. The van der Waals surface area contributed by atoms with Gasteiger partial charge in [-0.05, 0) is 42.8 Å². The molecular formula is C18H15ClF3N3O2. The van der Waals surface area contributed by atoms with Gasteiger partial charge in [0.25, 0.3) is 0 Å². The number of anilines is 2. The van der Waals surface area contributed by atoms with Crippen molar-refractivity contribution in [1.82, 2.24) is 10.2 Å². The van der Waals surface area contributed by atoms with Crippen LogP contribution in [-0.4, -0.2) is 21.2 Å². The monoisotopic (exact) mass is 397 g/mol. The van der Waals surface area contributed by atoms with Gasteiger partial charge in [-0.1, -0.05) is 12.1 Å². The minimum absolute atomic E-state index is 0.0509. The summed E-state index contributed by atoms with van der Waals surface area (Å²) in [7, 11) is 0. The number of benzene rings is 2. The molecule has 1 atom stereocenters. The van der Waals surface area contributed by atoms with Gasteiger partial charge in [0.2, 0.25) is 11.8 Å². The number of alkyl halides is 4. The lowest BCUT2D eigenvalue weighted by atomic mass is 10.1. The number of para-hydroxylation sites is 1. The van der Waals surface area contributed by atoms with Crippen LogP contribution in [0.4, 0.5) is 24.5 Å². The Morgan fingerprint density at radius 2 is 1.78 bits per heavy atom. The van der Waals surface area contributed by atoms with Gasteiger partial charge in [0.15, 0.2) is 0 Å². The van der Waals surface area contributed by atoms with E-state index in [9.17, 15) is 18.3 Å². The van der Waals surface area contributed by atoms with Crippen molar-refractivity contribution >= 4 is 23.0 Å². The Morgan fingerprint density at radius 3 is 2.44 bits per heavy atom. The van der Waals surface area contributed by atoms with E-state index in [0.29, 0.717) is 16.9 Å². The maximum Gasteiger partial charge on any atom is 0.416 e. The van der Waals surface area contributed by atoms with E-state index in [1.54, 1.807) is 24.3 Å². The molecule has 1 unspecified atom stereocenters. The standard InChI is InChI=1S/C18H15ClF3N3O2/c19-10-9-15(26)17-25-24-16(27-17)13-3-1-2-4-14(13)23-12-7-5-11(6-8-12)18(20,21)22/h1-8,15,23,26H,9-10H2. The molecule has 0 radical (unpaired) electrons. The smallest absolute Gasteiger partial charge is 0.416 e. The quantitative estimate of drug-likeness (QED) is 0.562. The minimum atomic E-state index is -4.39. The molecule has 0 saturated heterocycles. The molecule has 2 N–H and O–H groups in total. The molecular weight excluding hydrogens is 383 g/mol. The fourth-order valence-electron chi connectivity index (χ4n) is 2.38. The number of aliphatic hydroxyl groups excluding tert-OH is 1. The highest BCUT2D eigenvalue weighted by Crippen LogP contribution is 2.33. The molecule has 0 spiro atoms. The van der Waals surface area contributed by atoms with Crippen molar-refractivity contribution in [2.75, 3.05) is 11.2 Å². The van der Waals surface area contributed by atoms with Gasteiger partial charge in [0, 0.05) is 11.6 Å². The van der Waals surface area contributed by atoms with Gasteiger partial charge < -0.3 is 14.8 Å². The zero-order valence-electron chi connectivity index (χ0n) is 13.9. The largest absolute Gasteiger partial charge is 0.418 e. The van der Waals surface area contributed by atoms with Crippen molar-refractivity contribution in [2.45, 2.75) is 18.7 Å². The molecule has 1 aromatic heterocycles. The summed E-state index contributed by atoms with van der Waals surface area (Å²) in [5.74, 6) is 0.467. The van der Waals surface area contributed by atoms with Crippen LogP contribution in [-0.2, 0) is 6.18 Å². The third-order valence-corrected chi connectivity index (χ3v) is 3.98. The van der Waals surface area contributed by atoms with Gasteiger partial charge in [0.05, 0.1) is 16.8 Å². The van der Waals surface area contributed by atoms with Gasteiger partial charge in [-0.25, -0.2) is 0 Å². The number of hydrogen-bond donors (Lipinski definition) is 2. The third-order valence-electron chi connectivity index (χ3n) is 3.76. The Kier molecular flexibility index (Phi) is 5.67. The van der Waals surface area contributed by atoms with Crippen LogP contribution in [0.3, 0.4) is 0 Å². The highest BCUT2D eigenvalue weighted by molar-refractivity contribution is 6.17. The van der Waals surface area contributed by atoms with Crippen molar-refractivity contribution in [1.29, 1.82) is 0 Å². The molecule has 0 aliphatic carbocycles. The molecule has 2 aromatic carbocycles. The second kappa shape index (κ2) is 7.98. The van der Waals surface area contributed by atoms with E-state index in [1.165, 1.54) is 12.1 Å². The molecule has 27 heavy (non-hydrogen) atoms. The van der Waals surface area contributed by atoms with Gasteiger partial charge >= 0.3 is 6.18 Å². The Bertz CT molecular complexity index is 897. The van der Waals surface area contributed by atoms with Crippen LogP contribution in [0, 0.1) is 0 Å². The number of nitrogens with zero attached hydrogens (tertiary/aromatic N) is 2. The fourth-order valence-corrected chi connectivity index (χ4v) is 2.59. The Morgan fingerprint density at radius 1 is 1.07 bits per heavy atom. The van der Waals surface area contributed by atoms with Gasteiger partial charge in [-0.15, -0.1) is 21.8 Å². The fraction of sp³-hybridized carbons (Fsp3) is 0.222. The maximum absolute atomic E-state index is 12.7. The first-order chi connectivity index (χ1) is 12.9. The molecule has 142 valence electrons. The summed E-state index contributed by atoms with van der Waals surface area (Å²) in [6.07, 6.45) is -5.08. The molecule has 9 heteroatoms. The summed E-state index contributed by atoms with van der Waals surface area (Å²) < 4.78 is 43.5. The van der Waals surface area contributed by atoms with Crippen LogP contribution >= 0.6 is 11.6 Å². The number of hydrogen-bond acceptors (Lipinski definition) is 5. The molecule has 1 heterocycles. The lowest BCUT2D eigenvalue weighted by Crippen LogP contribution is -2.04. The van der Waals surface area contributed by atoms with Gasteiger partial charge in [-0.3, -0.25) is 0 Å². The SMILES string of the molecule is OC(CCCl)c1nnc(-c2ccccc2Nc2ccc(C(F)(F)F)cc2)o1. The predicted molar refractivity (Wildman–Crippen MR) is 94.8 cm³/mol. The molecule has 0 amide bonds. The van der Waals surface area contributed by atoms with Crippen molar-refractivity contribution in [3.05, 3.63) is 60.0 Å². The van der Waals surface area contributed by atoms with Crippen LogP contribution in [0.25, 0.3) is 11.5 Å². The average molecular weight is 398 g/mol. The van der Waals surface area contributed by atoms with E-state index in [2.05, 4.69) is 15.5 Å². The van der Waals surface area contributed by atoms with Gasteiger partial charge in [0.1, 0.15) is 6.10 Å². The number of aromatic nitrogens is 2. The zero-order chi connectivity index (χ0) is 19.4. The molecule has 0 bridgehead atoms. The summed E-state index contributed by atoms with van der Waals surface area (Å²) in [5.41, 5.74) is 0.863. The number of nitrogens with one attached hydrogen (secondary N) is 1. The normalized spacial score (nSPS) is 12.8. The van der Waals surface area contributed by atoms with Crippen LogP contribution in [0.5, 0.6) is 0 Å². The zero-order valence-corrected chi connectivity index (χ0v) is 14.6. The van der Waals surface area contributed by atoms with Crippen molar-refractivity contribution < 1.29 is 22.7 Å². The first kappa shape index (κ1) is 19.2. The van der Waals surface area contributed by atoms with Crippen LogP contribution < -0.4 is 5.32 Å². The van der Waals surface area contributed by atoms with Gasteiger partial charge in [-0.2, -0.15) is 13.2 Å². The lowest BCUT2D eigenvalue weighted by molar-refractivity contribution is -0.137. The summed E-state index contributed by atoms with van der Waals surface area (Å²) in [6, 6.07) is 11.6. The molecule has 0 saturated carbocycles. The number of rotatable bonds is 6. The third kappa shape index (κ3) is 4.58. The summed E-state index contributed by atoms with van der Waals surface area (Å²) in [6.45, 7) is 0. The van der Waals surface area contributed by atoms with E-state index in [4.69, 9.17) is 16.0 Å². The molecule has 5 nitrogen and oxygen atoms in total. The van der Waals surface area contributed by atoms with Crippen LogP contribution in [0.2, 0.25) is 0 Å². The van der Waals surface area contributed by atoms with E-state index in [1.807, 2.05) is 0 Å². The van der Waals surface area contributed by atoms with E-state index >= 15 is 0 Å². The van der Waals surface area contributed by atoms with E-state index < -0.39 is 17.8 Å². The Balaban J connectivity index is 1.84. The lowest BCUT2D eigenvalue weighted by Gasteiger charge is -2.11. The molecule has 0 aliphatic rings. The predicted octanol–water partition coefficient (Wildman–Crippen LogP) is 5.16. The molecule has 0 fully saturated rings. The van der Waals surface area contributed by atoms with Crippen LogP contribution in [0.1, 0.15) is 24.0 Å². The molecule has 3 rings (SSSR count). The summed E-state index contributed by atoms with van der Waals surface area (Å²) in [4.78, 5) is 0. The maximum atomic E-state index is 12.7. The molecule has 0 aliphatic heterocycles. The minimum Gasteiger partial charge on any atom is -0.418 e. The first-order valence-electron chi connectivity index (χ1n) is 7.99. The number of aliphatic hydroxyl groups is 1. The second-order valence-corrected chi connectivity index (χ2v) is 6.06. The number of halogens is 4. The molecule has 3 aromatic rings. The average Bonchev–Trinajstić information content (AvgIpc) is 3.12. The topological polar surface area (TPSA) is 71.2 Å². The van der Waals surface area contributed by atoms with Crippen LogP contribution in [0.15, 0.2) is 52.9 Å². The second-order valence-electron chi connectivity index (χ2n) is 5.68.